The summed E-state index contributed by atoms with van der Waals surface area (Å²) in [6.07, 6.45) is 0. The molecule has 1 aromatic heterocycles. The molecule has 26 heavy (non-hydrogen) atoms. The van der Waals surface area contributed by atoms with E-state index in [1.54, 1.807) is 24.3 Å². The standard InChI is InChI=1S/C19H20N4O2S/c20-14-15-3-1-4-16(13-15)18(24)21-6-7-22-8-10-23(11-9-22)19(25)17-5-2-12-26-17/h1-5,12-13H,6-11H2,(H,21,24). The van der Waals surface area contributed by atoms with Crippen LogP contribution in [0.4, 0.5) is 0 Å². The van der Waals surface area contributed by atoms with Crippen LogP contribution in [-0.4, -0.2) is 60.9 Å². The van der Waals surface area contributed by atoms with Gasteiger partial charge >= 0.3 is 0 Å². The van der Waals surface area contributed by atoms with Gasteiger partial charge in [-0.2, -0.15) is 5.26 Å². The molecule has 1 N–H and O–H groups in total. The summed E-state index contributed by atoms with van der Waals surface area (Å²) in [5, 5.41) is 13.7. The van der Waals surface area contributed by atoms with Crippen LogP contribution in [0.5, 0.6) is 0 Å². The van der Waals surface area contributed by atoms with Gasteiger partial charge in [0.25, 0.3) is 11.8 Å². The second kappa shape index (κ2) is 8.61. The Morgan fingerprint density at radius 3 is 2.65 bits per heavy atom. The predicted octanol–water partition coefficient (Wildman–Crippen LogP) is 1.81. The van der Waals surface area contributed by atoms with E-state index in [9.17, 15) is 9.59 Å². The number of nitrogens with zero attached hydrogens (tertiary/aromatic N) is 3. The quantitative estimate of drug-likeness (QED) is 0.873. The summed E-state index contributed by atoms with van der Waals surface area (Å²) >= 11 is 1.47. The highest BCUT2D eigenvalue weighted by atomic mass is 32.1. The van der Waals surface area contributed by atoms with Crippen molar-refractivity contribution in [3.8, 4) is 6.07 Å². The van der Waals surface area contributed by atoms with Gasteiger partial charge in [0.2, 0.25) is 0 Å². The maximum absolute atomic E-state index is 12.3. The van der Waals surface area contributed by atoms with E-state index in [-0.39, 0.29) is 11.8 Å². The van der Waals surface area contributed by atoms with Crippen molar-refractivity contribution < 1.29 is 9.59 Å². The van der Waals surface area contributed by atoms with E-state index in [0.717, 1.165) is 24.5 Å². The maximum atomic E-state index is 12.3. The van der Waals surface area contributed by atoms with Gasteiger partial charge in [0, 0.05) is 44.8 Å². The highest BCUT2D eigenvalue weighted by Crippen LogP contribution is 2.13. The third-order valence-electron chi connectivity index (χ3n) is 4.36. The van der Waals surface area contributed by atoms with Crippen LogP contribution in [0.1, 0.15) is 25.6 Å². The van der Waals surface area contributed by atoms with Gasteiger partial charge in [-0.15, -0.1) is 11.3 Å². The molecule has 6 nitrogen and oxygen atoms in total. The zero-order chi connectivity index (χ0) is 18.4. The van der Waals surface area contributed by atoms with Gasteiger partial charge in [-0.05, 0) is 29.6 Å². The minimum absolute atomic E-state index is 0.102. The molecular weight excluding hydrogens is 348 g/mol. The molecule has 2 aromatic rings. The summed E-state index contributed by atoms with van der Waals surface area (Å²) < 4.78 is 0. The number of benzene rings is 1. The Morgan fingerprint density at radius 2 is 1.96 bits per heavy atom. The summed E-state index contributed by atoms with van der Waals surface area (Å²) in [7, 11) is 0. The molecule has 3 rings (SSSR count). The summed E-state index contributed by atoms with van der Waals surface area (Å²) in [6, 6.07) is 12.5. The zero-order valence-electron chi connectivity index (χ0n) is 14.4. The molecule has 2 amide bonds. The first-order valence-electron chi connectivity index (χ1n) is 8.51. The zero-order valence-corrected chi connectivity index (χ0v) is 15.2. The van der Waals surface area contributed by atoms with Crippen LogP contribution in [0, 0.1) is 11.3 Å². The predicted molar refractivity (Wildman–Crippen MR) is 100 cm³/mol. The van der Waals surface area contributed by atoms with Crippen molar-refractivity contribution in [3.63, 3.8) is 0 Å². The number of amides is 2. The van der Waals surface area contributed by atoms with E-state index in [0.29, 0.717) is 30.8 Å². The largest absolute Gasteiger partial charge is 0.351 e. The van der Waals surface area contributed by atoms with E-state index in [1.165, 1.54) is 11.3 Å². The molecule has 1 aliphatic rings. The number of hydrogen-bond acceptors (Lipinski definition) is 5. The Labute approximate surface area is 156 Å². The number of rotatable bonds is 5. The molecule has 1 fully saturated rings. The molecule has 7 heteroatoms. The van der Waals surface area contributed by atoms with Crippen molar-refractivity contribution in [2.45, 2.75) is 0 Å². The van der Waals surface area contributed by atoms with E-state index >= 15 is 0 Å². The smallest absolute Gasteiger partial charge is 0.264 e. The van der Waals surface area contributed by atoms with E-state index in [1.807, 2.05) is 28.5 Å². The normalized spacial score (nSPS) is 14.7. The van der Waals surface area contributed by atoms with Crippen LogP contribution >= 0.6 is 11.3 Å². The minimum atomic E-state index is -0.173. The van der Waals surface area contributed by atoms with Crippen molar-refractivity contribution in [2.75, 3.05) is 39.3 Å². The fourth-order valence-corrected chi connectivity index (χ4v) is 3.58. The van der Waals surface area contributed by atoms with Crippen LogP contribution in [0.3, 0.4) is 0 Å². The summed E-state index contributed by atoms with van der Waals surface area (Å²) in [6.45, 7) is 4.29. The van der Waals surface area contributed by atoms with Crippen molar-refractivity contribution in [1.82, 2.24) is 15.1 Å². The van der Waals surface area contributed by atoms with Crippen molar-refractivity contribution in [2.24, 2.45) is 0 Å². The summed E-state index contributed by atoms with van der Waals surface area (Å²) in [4.78, 5) is 29.4. The third kappa shape index (κ3) is 4.48. The summed E-state index contributed by atoms with van der Waals surface area (Å²) in [5.74, 6) is -0.0704. The van der Waals surface area contributed by atoms with Crippen LogP contribution in [0.15, 0.2) is 41.8 Å². The van der Waals surface area contributed by atoms with Gasteiger partial charge < -0.3 is 10.2 Å². The first-order valence-corrected chi connectivity index (χ1v) is 9.39. The van der Waals surface area contributed by atoms with Crippen molar-refractivity contribution in [1.29, 1.82) is 5.26 Å². The number of carbonyl (C=O) groups excluding carboxylic acids is 2. The van der Waals surface area contributed by atoms with Gasteiger partial charge in [-0.3, -0.25) is 14.5 Å². The molecule has 0 radical (unpaired) electrons. The highest BCUT2D eigenvalue weighted by Gasteiger charge is 2.22. The number of thiophene rings is 1. The molecule has 0 atom stereocenters. The first-order chi connectivity index (χ1) is 12.7. The van der Waals surface area contributed by atoms with Crippen molar-refractivity contribution in [3.05, 3.63) is 57.8 Å². The van der Waals surface area contributed by atoms with E-state index < -0.39 is 0 Å². The Bertz CT molecular complexity index is 805. The van der Waals surface area contributed by atoms with Crippen LogP contribution in [0.25, 0.3) is 0 Å². The van der Waals surface area contributed by atoms with Gasteiger partial charge in [0.05, 0.1) is 16.5 Å². The monoisotopic (exact) mass is 368 g/mol. The third-order valence-corrected chi connectivity index (χ3v) is 5.22. The highest BCUT2D eigenvalue weighted by molar-refractivity contribution is 7.12. The average molecular weight is 368 g/mol. The molecule has 0 aliphatic carbocycles. The lowest BCUT2D eigenvalue weighted by atomic mass is 10.1. The Hall–Kier alpha value is -2.69. The maximum Gasteiger partial charge on any atom is 0.264 e. The lowest BCUT2D eigenvalue weighted by molar-refractivity contribution is 0.0643. The molecule has 0 unspecified atom stereocenters. The Kier molecular flexibility index (Phi) is 6.00. The molecular formula is C19H20N4O2S. The lowest BCUT2D eigenvalue weighted by Crippen LogP contribution is -2.50. The number of carbonyl (C=O) groups is 2. The lowest BCUT2D eigenvalue weighted by Gasteiger charge is -2.34. The fraction of sp³-hybridized carbons (Fsp3) is 0.316. The van der Waals surface area contributed by atoms with Gasteiger partial charge in [0.15, 0.2) is 0 Å². The first kappa shape index (κ1) is 18.1. The number of hydrogen-bond donors (Lipinski definition) is 1. The van der Waals surface area contributed by atoms with E-state index in [4.69, 9.17) is 5.26 Å². The minimum Gasteiger partial charge on any atom is -0.351 e. The fourth-order valence-electron chi connectivity index (χ4n) is 2.89. The van der Waals surface area contributed by atoms with Gasteiger partial charge in [-0.25, -0.2) is 0 Å². The molecule has 1 aromatic carbocycles. The van der Waals surface area contributed by atoms with Crippen LogP contribution in [0.2, 0.25) is 0 Å². The second-order valence-corrected chi connectivity index (χ2v) is 7.01. The van der Waals surface area contributed by atoms with Gasteiger partial charge in [0.1, 0.15) is 0 Å². The average Bonchev–Trinajstić information content (AvgIpc) is 3.23. The Balaban J connectivity index is 1.40. The molecule has 134 valence electrons. The molecule has 1 aliphatic heterocycles. The van der Waals surface area contributed by atoms with E-state index in [2.05, 4.69) is 10.2 Å². The molecule has 1 saturated heterocycles. The second-order valence-electron chi connectivity index (χ2n) is 6.06. The van der Waals surface area contributed by atoms with Crippen molar-refractivity contribution >= 4 is 23.2 Å². The Morgan fingerprint density at radius 1 is 1.15 bits per heavy atom. The SMILES string of the molecule is N#Cc1cccc(C(=O)NCCN2CCN(C(=O)c3cccs3)CC2)c1. The topological polar surface area (TPSA) is 76.4 Å². The summed E-state index contributed by atoms with van der Waals surface area (Å²) in [5.41, 5.74) is 0.972. The molecule has 0 saturated carbocycles. The molecule has 2 heterocycles. The number of nitrogens with one attached hydrogen (secondary N) is 1. The van der Waals surface area contributed by atoms with Crippen LogP contribution in [-0.2, 0) is 0 Å². The van der Waals surface area contributed by atoms with Crippen LogP contribution < -0.4 is 5.32 Å². The molecule has 0 bridgehead atoms. The number of nitriles is 1. The van der Waals surface area contributed by atoms with Gasteiger partial charge in [-0.1, -0.05) is 12.1 Å². The molecule has 0 spiro atoms. The number of piperazine rings is 1.